The molecule has 5 nitrogen and oxygen atoms in total. The van der Waals surface area contributed by atoms with Gasteiger partial charge in [0.05, 0.1) is 7.11 Å². The normalized spacial score (nSPS) is 10.4. The molecular formula is C17H22O5. The second kappa shape index (κ2) is 9.39. The number of benzene rings is 1. The lowest BCUT2D eigenvalue weighted by molar-refractivity contribution is -0.148. The third-order valence-electron chi connectivity index (χ3n) is 2.09. The van der Waals surface area contributed by atoms with E-state index in [1.54, 1.807) is 25.3 Å². The van der Waals surface area contributed by atoms with Crippen molar-refractivity contribution in [3.8, 4) is 5.75 Å². The predicted octanol–water partition coefficient (Wildman–Crippen LogP) is 3.31. The van der Waals surface area contributed by atoms with E-state index >= 15 is 0 Å². The number of rotatable bonds is 4. The van der Waals surface area contributed by atoms with E-state index in [1.807, 2.05) is 26.8 Å². The standard InChI is InChI=1S/C10H10O3.C7H12O2/c1-13-9-4-2-3-8(7-9)5-6-10(11)12;1-5-6(8)9-7(2,3)4/h2-7H,1H3,(H,11,12);5H,1H2,2-4H3. The topological polar surface area (TPSA) is 72.8 Å². The van der Waals surface area contributed by atoms with Crippen LogP contribution in [0.2, 0.25) is 0 Å². The van der Waals surface area contributed by atoms with Crippen molar-refractivity contribution in [3.63, 3.8) is 0 Å². The average molecular weight is 306 g/mol. The lowest BCUT2D eigenvalue weighted by Gasteiger charge is -2.17. The summed E-state index contributed by atoms with van der Waals surface area (Å²) in [5, 5.41) is 8.38. The lowest BCUT2D eigenvalue weighted by atomic mass is 10.2. The van der Waals surface area contributed by atoms with Crippen LogP contribution in [0.4, 0.5) is 0 Å². The van der Waals surface area contributed by atoms with Gasteiger partial charge in [-0.25, -0.2) is 9.59 Å². The molecule has 0 aliphatic rings. The number of hydrogen-bond donors (Lipinski definition) is 1. The Balaban J connectivity index is 0.000000433. The number of carboxylic acids is 1. The molecule has 1 aromatic carbocycles. The quantitative estimate of drug-likeness (QED) is 0.682. The Kier molecular flexibility index (Phi) is 8.30. The summed E-state index contributed by atoms with van der Waals surface area (Å²) in [7, 11) is 1.57. The van der Waals surface area contributed by atoms with E-state index < -0.39 is 11.6 Å². The molecule has 120 valence electrons. The first kappa shape index (κ1) is 19.4. The molecule has 0 saturated carbocycles. The number of esters is 1. The van der Waals surface area contributed by atoms with Gasteiger partial charge in [0.25, 0.3) is 0 Å². The van der Waals surface area contributed by atoms with Gasteiger partial charge >= 0.3 is 11.9 Å². The zero-order valence-corrected chi connectivity index (χ0v) is 13.3. The molecule has 5 heteroatoms. The summed E-state index contributed by atoms with van der Waals surface area (Å²) in [5.74, 6) is -0.613. The molecule has 1 rings (SSSR count). The van der Waals surface area contributed by atoms with Crippen LogP contribution in [0, 0.1) is 0 Å². The molecule has 0 aromatic heterocycles. The van der Waals surface area contributed by atoms with Crippen molar-refractivity contribution in [1.29, 1.82) is 0 Å². The highest BCUT2D eigenvalue weighted by Gasteiger charge is 2.12. The zero-order valence-electron chi connectivity index (χ0n) is 13.3. The van der Waals surface area contributed by atoms with Crippen molar-refractivity contribution in [2.45, 2.75) is 26.4 Å². The van der Waals surface area contributed by atoms with E-state index in [-0.39, 0.29) is 5.97 Å². The van der Waals surface area contributed by atoms with Gasteiger partial charge in [0, 0.05) is 12.2 Å². The minimum atomic E-state index is -0.956. The number of carbonyl (C=O) groups excluding carboxylic acids is 1. The Morgan fingerprint density at radius 3 is 2.32 bits per heavy atom. The van der Waals surface area contributed by atoms with Crippen LogP contribution in [-0.4, -0.2) is 29.8 Å². The van der Waals surface area contributed by atoms with Gasteiger partial charge in [-0.3, -0.25) is 0 Å². The Morgan fingerprint density at radius 1 is 1.27 bits per heavy atom. The molecular weight excluding hydrogens is 284 g/mol. The molecule has 22 heavy (non-hydrogen) atoms. The van der Waals surface area contributed by atoms with Gasteiger partial charge in [-0.2, -0.15) is 0 Å². The fraction of sp³-hybridized carbons (Fsp3) is 0.294. The zero-order chi connectivity index (χ0) is 17.2. The summed E-state index contributed by atoms with van der Waals surface area (Å²) in [5.41, 5.74) is 0.410. The average Bonchev–Trinajstić information content (AvgIpc) is 2.44. The number of ether oxygens (including phenoxy) is 2. The Hall–Kier alpha value is -2.56. The van der Waals surface area contributed by atoms with Gasteiger partial charge in [0.2, 0.25) is 0 Å². The first-order valence-corrected chi connectivity index (χ1v) is 6.58. The van der Waals surface area contributed by atoms with Crippen LogP contribution >= 0.6 is 0 Å². The van der Waals surface area contributed by atoms with Crippen LogP contribution in [0.15, 0.2) is 43.0 Å². The Morgan fingerprint density at radius 2 is 1.91 bits per heavy atom. The summed E-state index contributed by atoms with van der Waals surface area (Å²) in [6.07, 6.45) is 3.77. The van der Waals surface area contributed by atoms with Gasteiger partial charge in [0.15, 0.2) is 0 Å². The molecule has 0 aliphatic heterocycles. The monoisotopic (exact) mass is 306 g/mol. The van der Waals surface area contributed by atoms with E-state index in [1.165, 1.54) is 6.08 Å². The number of hydrogen-bond acceptors (Lipinski definition) is 4. The van der Waals surface area contributed by atoms with E-state index in [4.69, 9.17) is 14.6 Å². The molecule has 1 N–H and O–H groups in total. The minimum absolute atomic E-state index is 0.373. The molecule has 0 unspecified atom stereocenters. The van der Waals surface area contributed by atoms with Crippen LogP contribution < -0.4 is 4.74 Å². The first-order valence-electron chi connectivity index (χ1n) is 6.58. The number of carboxylic acid groups (broad SMARTS) is 1. The van der Waals surface area contributed by atoms with Crippen molar-refractivity contribution >= 4 is 18.0 Å². The van der Waals surface area contributed by atoms with Gasteiger partial charge in [-0.1, -0.05) is 18.7 Å². The maximum Gasteiger partial charge on any atom is 0.330 e. The van der Waals surface area contributed by atoms with Crippen LogP contribution in [0.5, 0.6) is 5.75 Å². The fourth-order valence-electron chi connectivity index (χ4n) is 1.26. The van der Waals surface area contributed by atoms with Crippen molar-refractivity contribution < 1.29 is 24.2 Å². The van der Waals surface area contributed by atoms with E-state index in [2.05, 4.69) is 6.58 Å². The van der Waals surface area contributed by atoms with E-state index in [0.29, 0.717) is 5.75 Å². The molecule has 0 atom stereocenters. The van der Waals surface area contributed by atoms with Crippen molar-refractivity contribution in [2.24, 2.45) is 0 Å². The largest absolute Gasteiger partial charge is 0.497 e. The fourth-order valence-corrected chi connectivity index (χ4v) is 1.26. The number of aliphatic carboxylic acids is 1. The molecule has 0 radical (unpaired) electrons. The van der Waals surface area contributed by atoms with Crippen LogP contribution in [0.1, 0.15) is 26.3 Å². The lowest BCUT2D eigenvalue weighted by Crippen LogP contribution is -2.22. The third-order valence-corrected chi connectivity index (χ3v) is 2.09. The molecule has 0 heterocycles. The highest BCUT2D eigenvalue weighted by Crippen LogP contribution is 2.13. The molecule has 0 saturated heterocycles. The van der Waals surface area contributed by atoms with E-state index in [9.17, 15) is 9.59 Å². The van der Waals surface area contributed by atoms with Gasteiger partial charge in [0.1, 0.15) is 11.4 Å². The van der Waals surface area contributed by atoms with Crippen LogP contribution in [-0.2, 0) is 14.3 Å². The highest BCUT2D eigenvalue weighted by molar-refractivity contribution is 5.85. The first-order chi connectivity index (χ1) is 10.2. The summed E-state index contributed by atoms with van der Waals surface area (Å²) in [6.45, 7) is 8.71. The number of carbonyl (C=O) groups is 2. The van der Waals surface area contributed by atoms with Crippen LogP contribution in [0.3, 0.4) is 0 Å². The summed E-state index contributed by atoms with van der Waals surface area (Å²) in [6, 6.07) is 7.18. The van der Waals surface area contributed by atoms with Crippen molar-refractivity contribution in [3.05, 3.63) is 48.6 Å². The summed E-state index contributed by atoms with van der Waals surface area (Å²) >= 11 is 0. The predicted molar refractivity (Wildman–Crippen MR) is 85.7 cm³/mol. The highest BCUT2D eigenvalue weighted by atomic mass is 16.6. The molecule has 0 aliphatic carbocycles. The Labute approximate surface area is 130 Å². The number of methoxy groups -OCH3 is 1. The van der Waals surface area contributed by atoms with Gasteiger partial charge < -0.3 is 14.6 Å². The van der Waals surface area contributed by atoms with E-state index in [0.717, 1.165) is 17.7 Å². The van der Waals surface area contributed by atoms with Gasteiger partial charge in [-0.15, -0.1) is 0 Å². The third kappa shape index (κ3) is 10.3. The maximum atomic E-state index is 10.5. The second-order valence-corrected chi connectivity index (χ2v) is 5.19. The van der Waals surface area contributed by atoms with Crippen molar-refractivity contribution in [2.75, 3.05) is 7.11 Å². The molecule has 0 amide bonds. The molecule has 0 spiro atoms. The SMILES string of the molecule is C=CC(=O)OC(C)(C)C.COc1cccc(C=CC(=O)O)c1. The smallest absolute Gasteiger partial charge is 0.330 e. The summed E-state index contributed by atoms with van der Waals surface area (Å²) in [4.78, 5) is 20.7. The van der Waals surface area contributed by atoms with Crippen molar-refractivity contribution in [1.82, 2.24) is 0 Å². The second-order valence-electron chi connectivity index (χ2n) is 5.19. The molecule has 1 aromatic rings. The van der Waals surface area contributed by atoms with Crippen LogP contribution in [0.25, 0.3) is 6.08 Å². The summed E-state index contributed by atoms with van der Waals surface area (Å²) < 4.78 is 9.81. The maximum absolute atomic E-state index is 10.5. The molecule has 0 bridgehead atoms. The minimum Gasteiger partial charge on any atom is -0.497 e. The Bertz CT molecular complexity index is 538. The molecule has 0 fully saturated rings. The van der Waals surface area contributed by atoms with Gasteiger partial charge in [-0.05, 0) is 44.5 Å².